The Hall–Kier alpha value is -0.0226. The third kappa shape index (κ3) is 9.98. The summed E-state index contributed by atoms with van der Waals surface area (Å²) in [5.41, 5.74) is 0. The van der Waals surface area contributed by atoms with E-state index in [2.05, 4.69) is 0 Å². The van der Waals surface area contributed by atoms with Gasteiger partial charge in [0.05, 0.1) is 11.9 Å². The number of carbonyl (C=O) groups excluding carboxylic acids is 1. The molecule has 0 saturated heterocycles. The molecule has 0 heterocycles. The van der Waals surface area contributed by atoms with Crippen LogP contribution in [0.3, 0.4) is 0 Å². The van der Waals surface area contributed by atoms with Crippen molar-refractivity contribution in [3.63, 3.8) is 0 Å². The maximum Gasteiger partial charge on any atom is 1.00 e. The minimum atomic E-state index is -3.31. The van der Waals surface area contributed by atoms with Crippen molar-refractivity contribution in [2.45, 2.75) is 12.5 Å². The van der Waals surface area contributed by atoms with Crippen molar-refractivity contribution in [2.24, 2.45) is 0 Å². The molecular formula is C5H9LiO5S. The summed E-state index contributed by atoms with van der Waals surface area (Å²) in [6.45, 7) is 0. The number of aliphatic hydroxyl groups excluding tert-OH is 1. The SMILES string of the molecule is CS(=O)(=O)CC(O)CC(=O)[O-].[Li+]. The van der Waals surface area contributed by atoms with Crippen LogP contribution in [0.1, 0.15) is 6.42 Å². The van der Waals surface area contributed by atoms with E-state index in [4.69, 9.17) is 5.11 Å². The monoisotopic (exact) mass is 188 g/mol. The molecule has 0 rings (SSSR count). The zero-order valence-electron chi connectivity index (χ0n) is 6.98. The van der Waals surface area contributed by atoms with E-state index in [0.717, 1.165) is 6.26 Å². The Labute approximate surface area is 82.9 Å². The second-order valence-corrected chi connectivity index (χ2v) is 4.51. The van der Waals surface area contributed by atoms with Crippen LogP contribution in [0.25, 0.3) is 0 Å². The fourth-order valence-corrected chi connectivity index (χ4v) is 1.42. The van der Waals surface area contributed by atoms with Crippen LogP contribution in [-0.2, 0) is 14.6 Å². The molecular weight excluding hydrogens is 179 g/mol. The molecule has 0 spiro atoms. The molecule has 0 aromatic rings. The van der Waals surface area contributed by atoms with E-state index in [1.54, 1.807) is 0 Å². The molecule has 12 heavy (non-hydrogen) atoms. The molecule has 1 N–H and O–H groups in total. The van der Waals surface area contributed by atoms with Crippen LogP contribution in [0.5, 0.6) is 0 Å². The summed E-state index contributed by atoms with van der Waals surface area (Å²) in [6.07, 6.45) is -1.09. The number of aliphatic hydroxyl groups is 1. The van der Waals surface area contributed by atoms with E-state index in [-0.39, 0.29) is 18.9 Å². The summed E-state index contributed by atoms with van der Waals surface area (Å²) in [7, 11) is -3.31. The van der Waals surface area contributed by atoms with E-state index < -0.39 is 34.1 Å². The van der Waals surface area contributed by atoms with Gasteiger partial charge in [-0.15, -0.1) is 0 Å². The van der Waals surface area contributed by atoms with Crippen LogP contribution in [0.2, 0.25) is 0 Å². The van der Waals surface area contributed by atoms with Gasteiger partial charge in [-0.2, -0.15) is 0 Å². The van der Waals surface area contributed by atoms with E-state index in [1.807, 2.05) is 0 Å². The first-order valence-corrected chi connectivity index (χ1v) is 4.93. The third-order valence-electron chi connectivity index (χ3n) is 0.897. The first kappa shape index (κ1) is 14.5. The molecule has 0 saturated carbocycles. The minimum absolute atomic E-state index is 0. The van der Waals surface area contributed by atoms with Crippen molar-refractivity contribution in [2.75, 3.05) is 12.0 Å². The van der Waals surface area contributed by atoms with Gasteiger partial charge < -0.3 is 15.0 Å². The van der Waals surface area contributed by atoms with Crippen molar-refractivity contribution in [3.8, 4) is 0 Å². The normalized spacial score (nSPS) is 13.2. The van der Waals surface area contributed by atoms with Gasteiger partial charge in [0.25, 0.3) is 0 Å². The van der Waals surface area contributed by atoms with Crippen molar-refractivity contribution in [1.29, 1.82) is 0 Å². The summed E-state index contributed by atoms with van der Waals surface area (Å²) in [5, 5.41) is 18.6. The fraction of sp³-hybridized carbons (Fsp3) is 0.800. The van der Waals surface area contributed by atoms with Gasteiger partial charge >= 0.3 is 18.9 Å². The van der Waals surface area contributed by atoms with Gasteiger partial charge in [-0.1, -0.05) is 0 Å². The Kier molecular flexibility index (Phi) is 6.76. The van der Waals surface area contributed by atoms with Crippen LogP contribution in [0, 0.1) is 0 Å². The minimum Gasteiger partial charge on any atom is -0.550 e. The Morgan fingerprint density at radius 2 is 2.00 bits per heavy atom. The van der Waals surface area contributed by atoms with Crippen LogP contribution in [0.15, 0.2) is 0 Å². The third-order valence-corrected chi connectivity index (χ3v) is 1.89. The Morgan fingerprint density at radius 1 is 1.58 bits per heavy atom. The number of hydrogen-bond acceptors (Lipinski definition) is 5. The molecule has 0 radical (unpaired) electrons. The van der Waals surface area contributed by atoms with Gasteiger partial charge in [0, 0.05) is 18.6 Å². The van der Waals surface area contributed by atoms with Crippen molar-refractivity contribution in [1.82, 2.24) is 0 Å². The number of sulfone groups is 1. The maximum absolute atomic E-state index is 10.4. The van der Waals surface area contributed by atoms with E-state index >= 15 is 0 Å². The molecule has 66 valence electrons. The number of carboxylic acids is 1. The summed E-state index contributed by atoms with van der Waals surface area (Å²) in [6, 6.07) is 0. The van der Waals surface area contributed by atoms with Crippen molar-refractivity contribution >= 4 is 15.8 Å². The smallest absolute Gasteiger partial charge is 0.550 e. The zero-order chi connectivity index (χ0) is 9.07. The van der Waals surface area contributed by atoms with Gasteiger partial charge in [-0.25, -0.2) is 8.42 Å². The molecule has 7 heteroatoms. The number of aliphatic carboxylic acids is 1. The second kappa shape index (κ2) is 5.59. The molecule has 0 aliphatic heterocycles. The van der Waals surface area contributed by atoms with E-state index in [0.29, 0.717) is 0 Å². The Morgan fingerprint density at radius 3 is 2.25 bits per heavy atom. The average Bonchev–Trinajstić information content (AvgIpc) is 1.53. The standard InChI is InChI=1S/C5H10O5S.Li/c1-11(9,10)3-4(6)2-5(7)8;/h4,6H,2-3H2,1H3,(H,7,8);/q;+1/p-1. The topological polar surface area (TPSA) is 94.5 Å². The number of carboxylic acid groups (broad SMARTS) is 1. The first-order chi connectivity index (χ1) is 4.81. The van der Waals surface area contributed by atoms with Gasteiger partial charge in [0.2, 0.25) is 0 Å². The van der Waals surface area contributed by atoms with E-state index in [9.17, 15) is 18.3 Å². The van der Waals surface area contributed by atoms with Crippen LogP contribution >= 0.6 is 0 Å². The molecule has 0 aromatic carbocycles. The predicted octanol–water partition coefficient (Wildman–Crippen LogP) is -5.46. The zero-order valence-corrected chi connectivity index (χ0v) is 7.80. The van der Waals surface area contributed by atoms with Crippen LogP contribution < -0.4 is 24.0 Å². The summed E-state index contributed by atoms with van der Waals surface area (Å²) >= 11 is 0. The van der Waals surface area contributed by atoms with Gasteiger partial charge in [0.15, 0.2) is 0 Å². The molecule has 0 fully saturated rings. The van der Waals surface area contributed by atoms with Gasteiger partial charge in [-0.3, -0.25) is 0 Å². The summed E-state index contributed by atoms with van der Waals surface area (Å²) in [4.78, 5) is 9.83. The quantitative estimate of drug-likeness (QED) is 0.444. The fourth-order valence-electron chi connectivity index (χ4n) is 0.601. The predicted molar refractivity (Wildman–Crippen MR) is 35.3 cm³/mol. The summed E-state index contributed by atoms with van der Waals surface area (Å²) in [5.74, 6) is -2.00. The number of carbonyl (C=O) groups is 1. The van der Waals surface area contributed by atoms with Crippen molar-refractivity contribution < 1.29 is 42.3 Å². The number of hydrogen-bond donors (Lipinski definition) is 1. The Bertz CT molecular complexity index is 234. The van der Waals surface area contributed by atoms with Crippen LogP contribution in [-0.4, -0.2) is 37.6 Å². The summed E-state index contributed by atoms with van der Waals surface area (Å²) < 4.78 is 20.9. The van der Waals surface area contributed by atoms with E-state index in [1.165, 1.54) is 0 Å². The second-order valence-electron chi connectivity index (χ2n) is 2.32. The molecule has 0 amide bonds. The molecule has 0 aromatic heterocycles. The molecule has 1 atom stereocenters. The largest absolute Gasteiger partial charge is 1.00 e. The first-order valence-electron chi connectivity index (χ1n) is 2.87. The molecule has 5 nitrogen and oxygen atoms in total. The van der Waals surface area contributed by atoms with Gasteiger partial charge in [0.1, 0.15) is 9.84 Å². The number of rotatable bonds is 4. The average molecular weight is 188 g/mol. The van der Waals surface area contributed by atoms with Gasteiger partial charge in [-0.05, 0) is 0 Å². The molecule has 0 bridgehead atoms. The molecule has 1 unspecified atom stereocenters. The van der Waals surface area contributed by atoms with Crippen LogP contribution in [0.4, 0.5) is 0 Å². The molecule has 0 aliphatic rings. The molecule has 0 aliphatic carbocycles. The maximum atomic E-state index is 10.4. The Balaban J connectivity index is 0. The van der Waals surface area contributed by atoms with Crippen molar-refractivity contribution in [3.05, 3.63) is 0 Å².